The number of ketones is 1. The van der Waals surface area contributed by atoms with E-state index in [-0.39, 0.29) is 42.0 Å². The molecule has 1 aliphatic heterocycles. The highest BCUT2D eigenvalue weighted by atomic mass is 16.5. The number of carbonyl (C=O) groups is 2. The number of aliphatic hydroxyl groups excluding tert-OH is 2. The van der Waals surface area contributed by atoms with E-state index in [1.54, 1.807) is 25.2 Å². The van der Waals surface area contributed by atoms with Gasteiger partial charge in [0, 0.05) is 24.0 Å². The van der Waals surface area contributed by atoms with Crippen LogP contribution < -0.4 is 0 Å². The van der Waals surface area contributed by atoms with Crippen molar-refractivity contribution in [1.82, 2.24) is 0 Å². The van der Waals surface area contributed by atoms with Crippen LogP contribution in [0.2, 0.25) is 0 Å². The topological polar surface area (TPSA) is 136 Å². The number of phenols is 1. The zero-order valence-corrected chi connectivity index (χ0v) is 15.5. The number of phenolic OH excluding ortho intramolecular Hbond substituents is 1. The molecule has 1 heterocycles. The largest absolute Gasteiger partial charge is 0.507 e. The zero-order valence-electron chi connectivity index (χ0n) is 15.5. The smallest absolute Gasteiger partial charge is 0.342 e. The van der Waals surface area contributed by atoms with Gasteiger partial charge in [0.2, 0.25) is 0 Å². The van der Waals surface area contributed by atoms with Crippen molar-refractivity contribution in [3.8, 4) is 17.6 Å². The molecule has 0 amide bonds. The fraction of sp³-hybridized carbons (Fsp3) is 0.333. The number of ether oxygens (including phenoxy) is 1. The number of fused-ring (bicyclic) bond motifs is 1. The summed E-state index contributed by atoms with van der Waals surface area (Å²) in [4.78, 5) is 24.4. The van der Waals surface area contributed by atoms with Gasteiger partial charge >= 0.3 is 5.97 Å². The van der Waals surface area contributed by atoms with E-state index in [1.807, 2.05) is 0 Å². The molecule has 1 aliphatic rings. The molecule has 0 spiro atoms. The summed E-state index contributed by atoms with van der Waals surface area (Å²) in [5, 5.41) is 29.2. The first-order chi connectivity index (χ1) is 12.9. The Labute approximate surface area is 163 Å². The van der Waals surface area contributed by atoms with E-state index in [2.05, 4.69) is 11.8 Å². The summed E-state index contributed by atoms with van der Waals surface area (Å²) in [7, 11) is 0. The number of hydrogen-bond acceptors (Lipinski definition) is 6. The van der Waals surface area contributed by atoms with Gasteiger partial charge in [-0.15, -0.1) is 0 Å². The van der Waals surface area contributed by atoms with Gasteiger partial charge in [-0.1, -0.05) is 30.1 Å². The summed E-state index contributed by atoms with van der Waals surface area (Å²) >= 11 is 0. The van der Waals surface area contributed by atoms with Gasteiger partial charge in [0.15, 0.2) is 5.78 Å². The Balaban J connectivity index is 0.00000392. The summed E-state index contributed by atoms with van der Waals surface area (Å²) in [5.41, 5.74) is 0.726. The third-order valence-corrected chi connectivity index (χ3v) is 3.94. The maximum absolute atomic E-state index is 12.6. The number of aromatic hydroxyl groups is 1. The lowest BCUT2D eigenvalue weighted by Crippen LogP contribution is -2.16. The highest BCUT2D eigenvalue weighted by Gasteiger charge is 2.21. The summed E-state index contributed by atoms with van der Waals surface area (Å²) in [6, 6.07) is 2.88. The van der Waals surface area contributed by atoms with E-state index >= 15 is 0 Å². The van der Waals surface area contributed by atoms with Crippen LogP contribution in [0.25, 0.3) is 6.08 Å². The summed E-state index contributed by atoms with van der Waals surface area (Å²) in [6.07, 6.45) is 5.24. The molecule has 1 aromatic carbocycles. The molecule has 7 nitrogen and oxygen atoms in total. The van der Waals surface area contributed by atoms with Crippen LogP contribution in [0.4, 0.5) is 0 Å². The number of aliphatic hydroxyl groups is 2. The van der Waals surface area contributed by atoms with Crippen LogP contribution >= 0.6 is 0 Å². The summed E-state index contributed by atoms with van der Waals surface area (Å²) in [6.45, 7) is 1.32. The Hall–Kier alpha value is -2.92. The van der Waals surface area contributed by atoms with E-state index in [0.717, 1.165) is 0 Å². The van der Waals surface area contributed by atoms with Gasteiger partial charge in [0.05, 0.1) is 6.10 Å². The van der Waals surface area contributed by atoms with Gasteiger partial charge in [0.1, 0.15) is 24.0 Å². The third-order valence-electron chi connectivity index (χ3n) is 3.94. The Morgan fingerprint density at radius 3 is 2.61 bits per heavy atom. The first kappa shape index (κ1) is 23.1. The molecule has 0 fully saturated rings. The highest BCUT2D eigenvalue weighted by molar-refractivity contribution is 5.98. The third kappa shape index (κ3) is 6.35. The quantitative estimate of drug-likeness (QED) is 0.450. The van der Waals surface area contributed by atoms with Crippen molar-refractivity contribution in [1.29, 1.82) is 0 Å². The molecule has 2 rings (SSSR count). The molecule has 0 aromatic heterocycles. The predicted molar refractivity (Wildman–Crippen MR) is 104 cm³/mol. The Morgan fingerprint density at radius 2 is 1.89 bits per heavy atom. The fourth-order valence-electron chi connectivity index (χ4n) is 2.65. The second kappa shape index (κ2) is 11.0. The van der Waals surface area contributed by atoms with Gasteiger partial charge < -0.3 is 25.5 Å². The molecule has 0 radical (unpaired) electrons. The molecule has 0 saturated heterocycles. The van der Waals surface area contributed by atoms with Crippen molar-refractivity contribution in [2.45, 2.75) is 38.4 Å². The maximum Gasteiger partial charge on any atom is 0.342 e. The van der Waals surface area contributed by atoms with Crippen molar-refractivity contribution < 1.29 is 35.1 Å². The first-order valence-corrected chi connectivity index (χ1v) is 8.63. The molecule has 0 aliphatic carbocycles. The van der Waals surface area contributed by atoms with Crippen molar-refractivity contribution in [3.05, 3.63) is 47.1 Å². The van der Waals surface area contributed by atoms with E-state index in [9.17, 15) is 19.8 Å². The van der Waals surface area contributed by atoms with Gasteiger partial charge in [0.25, 0.3) is 0 Å². The normalized spacial score (nSPS) is 22.4. The van der Waals surface area contributed by atoms with Crippen LogP contribution in [-0.4, -0.2) is 51.4 Å². The number of carbonyl (C=O) groups excluding carboxylic acids is 2. The van der Waals surface area contributed by atoms with Gasteiger partial charge in [-0.3, -0.25) is 4.79 Å². The Kier molecular flexibility index (Phi) is 9.12. The standard InChI is InChI=1S/C21H22O6.H2O/c1-14-5-2-7-16(23)13-17(24)8-3-9-18-15(6-4-12-22)10-11-19(25)20(18)21(26)27-14;/h2-3,7,9-11,14,17,22,24-25H,5,8,12-13H2,1H3;1H2/b7-2-,9-3+;/t14-,17-;/m0./s1. The minimum Gasteiger partial charge on any atom is -0.507 e. The molecule has 2 atom stereocenters. The number of esters is 1. The van der Waals surface area contributed by atoms with E-state index in [0.29, 0.717) is 17.5 Å². The molecule has 28 heavy (non-hydrogen) atoms. The summed E-state index contributed by atoms with van der Waals surface area (Å²) in [5.74, 6) is 4.07. The number of rotatable bonds is 0. The second-order valence-electron chi connectivity index (χ2n) is 6.20. The van der Waals surface area contributed by atoms with Crippen molar-refractivity contribution in [2.75, 3.05) is 6.61 Å². The van der Waals surface area contributed by atoms with Crippen LogP contribution in [0, 0.1) is 11.8 Å². The van der Waals surface area contributed by atoms with Crippen LogP contribution in [0.15, 0.2) is 30.4 Å². The number of allylic oxidation sites excluding steroid dienone is 1. The van der Waals surface area contributed by atoms with E-state index in [4.69, 9.17) is 9.84 Å². The fourth-order valence-corrected chi connectivity index (χ4v) is 2.65. The average Bonchev–Trinajstić information content (AvgIpc) is 2.60. The van der Waals surface area contributed by atoms with Crippen LogP contribution in [0.5, 0.6) is 5.75 Å². The van der Waals surface area contributed by atoms with E-state index in [1.165, 1.54) is 18.2 Å². The second-order valence-corrected chi connectivity index (χ2v) is 6.20. The molecule has 0 bridgehead atoms. The molecule has 5 N–H and O–H groups in total. The predicted octanol–water partition coefficient (Wildman–Crippen LogP) is 1.14. The molecule has 150 valence electrons. The number of cyclic esters (lactones) is 1. The van der Waals surface area contributed by atoms with Gasteiger partial charge in [-0.2, -0.15) is 0 Å². The highest BCUT2D eigenvalue weighted by Crippen LogP contribution is 2.28. The number of benzene rings is 1. The van der Waals surface area contributed by atoms with Crippen LogP contribution in [0.1, 0.15) is 47.7 Å². The Bertz CT molecular complexity index is 827. The number of hydrogen-bond donors (Lipinski definition) is 3. The molecular formula is C21H24O7. The molecule has 1 aromatic rings. The Morgan fingerprint density at radius 1 is 1.18 bits per heavy atom. The van der Waals surface area contributed by atoms with E-state index < -0.39 is 18.2 Å². The SMILES string of the molecule is C[C@H]1C/C=C\C(=O)C[C@@H](O)C/C=C/c2c(C#CCO)ccc(O)c2C(=O)O1.O. The van der Waals surface area contributed by atoms with Crippen LogP contribution in [-0.2, 0) is 9.53 Å². The minimum atomic E-state index is -0.863. The van der Waals surface area contributed by atoms with Crippen molar-refractivity contribution in [3.63, 3.8) is 0 Å². The lowest BCUT2D eigenvalue weighted by molar-refractivity contribution is -0.116. The monoisotopic (exact) mass is 388 g/mol. The lowest BCUT2D eigenvalue weighted by atomic mass is 9.98. The minimum absolute atomic E-state index is 0. The maximum atomic E-state index is 12.6. The van der Waals surface area contributed by atoms with Crippen molar-refractivity contribution >= 4 is 17.8 Å². The molecular weight excluding hydrogens is 364 g/mol. The molecule has 0 saturated carbocycles. The average molecular weight is 388 g/mol. The van der Waals surface area contributed by atoms with Gasteiger partial charge in [-0.25, -0.2) is 4.79 Å². The first-order valence-electron chi connectivity index (χ1n) is 8.63. The molecule has 7 heteroatoms. The van der Waals surface area contributed by atoms with Crippen molar-refractivity contribution in [2.24, 2.45) is 0 Å². The zero-order chi connectivity index (χ0) is 19.8. The lowest BCUT2D eigenvalue weighted by Gasteiger charge is -2.15. The summed E-state index contributed by atoms with van der Waals surface area (Å²) < 4.78 is 5.38. The van der Waals surface area contributed by atoms with Crippen LogP contribution in [0.3, 0.4) is 0 Å². The van der Waals surface area contributed by atoms with Gasteiger partial charge in [-0.05, 0) is 31.6 Å². The molecule has 0 unspecified atom stereocenters.